The van der Waals surface area contributed by atoms with Crippen LogP contribution in [0.15, 0.2) is 66.5 Å². The average molecular weight is 784 g/mol. The maximum absolute atomic E-state index is 11.4. The van der Waals surface area contributed by atoms with Gasteiger partial charge in [0.05, 0.1) is 42.7 Å². The summed E-state index contributed by atoms with van der Waals surface area (Å²) in [6, 6.07) is 15.6. The Balaban J connectivity index is 0.000000727. The highest BCUT2D eigenvalue weighted by molar-refractivity contribution is 7.85. The summed E-state index contributed by atoms with van der Waals surface area (Å²) in [6.07, 6.45) is 6.09. The number of nitrogens with zero attached hydrogens (tertiary/aromatic N) is 4. The van der Waals surface area contributed by atoms with E-state index in [0.29, 0.717) is 29.7 Å². The normalized spacial score (nSPS) is 14.4. The van der Waals surface area contributed by atoms with Crippen molar-refractivity contribution in [3.63, 3.8) is 0 Å². The molecule has 0 atom stereocenters. The van der Waals surface area contributed by atoms with Crippen molar-refractivity contribution < 1.29 is 30.5 Å². The molecular formula is C35H44Cl2N4O6S3. The van der Waals surface area contributed by atoms with Crippen LogP contribution in [0, 0.1) is 0 Å². The number of thiazole rings is 1. The van der Waals surface area contributed by atoms with Gasteiger partial charge in [0.2, 0.25) is 5.52 Å². The highest BCUT2D eigenvalue weighted by atomic mass is 35.5. The minimum Gasteiger partial charge on any atom is -0.748 e. The Morgan fingerprint density at radius 2 is 1.54 bits per heavy atom. The molecule has 3 aromatic carbocycles. The molecule has 1 aromatic heterocycles. The summed E-state index contributed by atoms with van der Waals surface area (Å²) in [5, 5.41) is 3.71. The quantitative estimate of drug-likeness (QED) is 0.103. The highest BCUT2D eigenvalue weighted by Gasteiger charge is 2.31. The van der Waals surface area contributed by atoms with E-state index in [-0.39, 0.29) is 18.6 Å². The van der Waals surface area contributed by atoms with Gasteiger partial charge in [-0.3, -0.25) is 4.55 Å². The summed E-state index contributed by atoms with van der Waals surface area (Å²) in [4.78, 5) is 6.36. The van der Waals surface area contributed by atoms with Gasteiger partial charge in [0, 0.05) is 31.3 Å². The summed E-state index contributed by atoms with van der Waals surface area (Å²) in [5.74, 6) is -0.0645. The highest BCUT2D eigenvalue weighted by Crippen LogP contribution is 2.45. The first-order valence-corrected chi connectivity index (χ1v) is 21.3. The molecule has 1 aliphatic rings. The van der Waals surface area contributed by atoms with E-state index in [2.05, 4.69) is 25.7 Å². The number of aryl methyl sites for hydroxylation is 1. The van der Waals surface area contributed by atoms with Crippen LogP contribution in [-0.2, 0) is 26.8 Å². The standard InChI is InChI=1S/C29H29Cl2N3O6S3.C6H15N/c1-2-32-24-18-22(30)23(31)19-25(24)33(14-6-16-42(35,36)37)27(32)10-5-11-28-34(15-7-17-43(38,39)40)29-21-9-4-3-8-20(21)12-13-26(29)41-28;1-4-7(5-2)6-3/h3-5,8-13,18-19H,2,6-7,14-17H2,1H3,(H-,35,36,37,38,39,40);4-6H2,1-3H3. The Bertz CT molecular complexity index is 2080. The van der Waals surface area contributed by atoms with Gasteiger partial charge in [-0.25, -0.2) is 8.42 Å². The number of aromatic nitrogens is 1. The topological polar surface area (TPSA) is 125 Å². The maximum Gasteiger partial charge on any atom is 0.264 e. The van der Waals surface area contributed by atoms with E-state index in [4.69, 9.17) is 23.2 Å². The van der Waals surface area contributed by atoms with Crippen LogP contribution >= 0.6 is 34.5 Å². The van der Waals surface area contributed by atoms with Crippen LogP contribution in [0.25, 0.3) is 27.1 Å². The van der Waals surface area contributed by atoms with Crippen LogP contribution in [0.2, 0.25) is 10.0 Å². The summed E-state index contributed by atoms with van der Waals surface area (Å²) < 4.78 is 69.2. The van der Waals surface area contributed by atoms with Gasteiger partial charge in [0.25, 0.3) is 15.1 Å². The van der Waals surface area contributed by atoms with E-state index in [1.807, 2.05) is 75.9 Å². The Labute approximate surface area is 309 Å². The van der Waals surface area contributed by atoms with Crippen molar-refractivity contribution in [3.05, 3.63) is 81.6 Å². The number of rotatable bonds is 14. The number of anilines is 2. The fourth-order valence-corrected chi connectivity index (χ4v) is 8.42. The number of benzene rings is 3. The fourth-order valence-electron chi connectivity index (χ4n) is 6.01. The lowest BCUT2D eigenvalue weighted by molar-refractivity contribution is -0.667. The van der Waals surface area contributed by atoms with Crippen molar-refractivity contribution in [2.24, 2.45) is 0 Å². The minimum atomic E-state index is -4.35. The molecule has 0 aliphatic carbocycles. The lowest BCUT2D eigenvalue weighted by Crippen LogP contribution is -2.36. The molecule has 0 unspecified atom stereocenters. The lowest BCUT2D eigenvalue weighted by atomic mass is 10.1. The number of halogens is 2. The van der Waals surface area contributed by atoms with Crippen LogP contribution in [0.1, 0.15) is 45.5 Å². The van der Waals surface area contributed by atoms with Crippen LogP contribution in [0.3, 0.4) is 0 Å². The fraction of sp³-hybridized carbons (Fsp3) is 0.400. The van der Waals surface area contributed by atoms with Gasteiger partial charge in [-0.2, -0.15) is 13.0 Å². The molecule has 4 aromatic rings. The summed E-state index contributed by atoms with van der Waals surface area (Å²) >= 11 is 14.3. The van der Waals surface area contributed by atoms with E-state index in [1.165, 1.54) is 19.6 Å². The van der Waals surface area contributed by atoms with Crippen LogP contribution < -0.4 is 14.4 Å². The molecule has 272 valence electrons. The number of fused-ring (bicyclic) bond motifs is 4. The predicted molar refractivity (Wildman–Crippen MR) is 207 cm³/mol. The van der Waals surface area contributed by atoms with Gasteiger partial charge in [-0.05, 0) is 68.7 Å². The molecule has 0 radical (unpaired) electrons. The van der Waals surface area contributed by atoms with Crippen molar-refractivity contribution in [1.82, 2.24) is 4.90 Å². The molecule has 0 fully saturated rings. The molecular weight excluding hydrogens is 740 g/mol. The third-order valence-corrected chi connectivity index (χ3v) is 11.9. The van der Waals surface area contributed by atoms with Crippen molar-refractivity contribution in [3.8, 4) is 0 Å². The smallest absolute Gasteiger partial charge is 0.264 e. The SMILES string of the molecule is CCN(CC)CC.CCN1C(=CC=Cc2sc3ccc4ccccc4c3[n+]2CCCS(=O)(=O)[O-])N(CCCS(=O)(=O)O)c2cc(Cl)c(Cl)cc21. The second-order valence-corrected chi connectivity index (χ2v) is 16.6. The van der Waals surface area contributed by atoms with Gasteiger partial charge >= 0.3 is 0 Å². The van der Waals surface area contributed by atoms with Gasteiger partial charge < -0.3 is 19.3 Å². The van der Waals surface area contributed by atoms with Crippen molar-refractivity contribution in [2.45, 2.75) is 47.1 Å². The van der Waals surface area contributed by atoms with Crippen molar-refractivity contribution >= 4 is 93.2 Å². The molecule has 2 heterocycles. The molecule has 0 saturated heterocycles. The van der Waals surface area contributed by atoms with E-state index in [9.17, 15) is 25.9 Å². The van der Waals surface area contributed by atoms with E-state index in [0.717, 1.165) is 43.2 Å². The van der Waals surface area contributed by atoms with Gasteiger partial charge in [0.1, 0.15) is 10.5 Å². The van der Waals surface area contributed by atoms with Crippen molar-refractivity contribution in [1.29, 1.82) is 0 Å². The van der Waals surface area contributed by atoms with Gasteiger partial charge in [0.15, 0.2) is 6.54 Å². The first kappa shape index (κ1) is 40.0. The zero-order valence-electron chi connectivity index (χ0n) is 28.7. The molecule has 1 N–H and O–H groups in total. The van der Waals surface area contributed by atoms with Crippen molar-refractivity contribution in [2.75, 3.05) is 54.0 Å². The zero-order valence-corrected chi connectivity index (χ0v) is 32.6. The summed E-state index contributed by atoms with van der Waals surface area (Å²) in [7, 11) is -8.48. The van der Waals surface area contributed by atoms with Crippen LogP contribution in [0.5, 0.6) is 0 Å². The molecule has 10 nitrogen and oxygen atoms in total. The number of hydrogen-bond donors (Lipinski definition) is 1. The summed E-state index contributed by atoms with van der Waals surface area (Å²) in [6.45, 7) is 13.4. The first-order valence-electron chi connectivity index (χ1n) is 16.6. The Morgan fingerprint density at radius 3 is 2.12 bits per heavy atom. The molecule has 0 amide bonds. The Morgan fingerprint density at radius 1 is 0.900 bits per heavy atom. The second kappa shape index (κ2) is 17.6. The van der Waals surface area contributed by atoms with E-state index in [1.54, 1.807) is 23.5 Å². The third kappa shape index (κ3) is 10.2. The third-order valence-electron chi connectivity index (χ3n) is 8.47. The molecule has 0 bridgehead atoms. The molecule has 0 spiro atoms. The summed E-state index contributed by atoms with van der Waals surface area (Å²) in [5.41, 5.74) is 2.57. The molecule has 1 aliphatic heterocycles. The van der Waals surface area contributed by atoms with Gasteiger partial charge in [-0.15, -0.1) is 0 Å². The lowest BCUT2D eigenvalue weighted by Gasteiger charge is -2.24. The van der Waals surface area contributed by atoms with E-state index >= 15 is 0 Å². The first-order chi connectivity index (χ1) is 23.7. The van der Waals surface area contributed by atoms with Gasteiger partial charge in [-0.1, -0.05) is 85.7 Å². The Kier molecular flexibility index (Phi) is 14.1. The second-order valence-electron chi connectivity index (χ2n) is 11.6. The number of hydrogen-bond acceptors (Lipinski definition) is 9. The van der Waals surface area contributed by atoms with E-state index < -0.39 is 26.0 Å². The molecule has 0 saturated carbocycles. The predicted octanol–water partition coefficient (Wildman–Crippen LogP) is 7.41. The average Bonchev–Trinajstić information content (AvgIpc) is 3.55. The number of allylic oxidation sites excluding steroid dienone is 2. The van der Waals surface area contributed by atoms with Crippen LogP contribution in [-0.4, -0.2) is 75.1 Å². The monoisotopic (exact) mass is 782 g/mol. The largest absolute Gasteiger partial charge is 0.748 e. The zero-order chi connectivity index (χ0) is 36.6. The van der Waals surface area contributed by atoms with Crippen LogP contribution in [0.4, 0.5) is 11.4 Å². The maximum atomic E-state index is 11.4. The molecule has 15 heteroatoms. The molecule has 5 rings (SSSR count). The molecule has 50 heavy (non-hydrogen) atoms. The minimum absolute atomic E-state index is 0.176. The Hall–Kier alpha value is -2.75.